The summed E-state index contributed by atoms with van der Waals surface area (Å²) in [6.45, 7) is 2.91. The Morgan fingerprint density at radius 2 is 1.80 bits per heavy atom. The molecule has 0 aliphatic carbocycles. The van der Waals surface area contributed by atoms with Crippen LogP contribution in [-0.4, -0.2) is 23.0 Å². The van der Waals surface area contributed by atoms with Gasteiger partial charge in [0.25, 0.3) is 0 Å². The van der Waals surface area contributed by atoms with Crippen molar-refractivity contribution in [2.45, 2.75) is 20.0 Å². The summed E-state index contributed by atoms with van der Waals surface area (Å²) in [4.78, 5) is 21.5. The fourth-order valence-electron chi connectivity index (χ4n) is 1.02. The molecule has 1 rings (SSSR count). The summed E-state index contributed by atoms with van der Waals surface area (Å²) >= 11 is 0. The molecule has 0 radical (unpaired) electrons. The van der Waals surface area contributed by atoms with Crippen LogP contribution >= 0.6 is 0 Å². The fourth-order valence-corrected chi connectivity index (χ4v) is 1.02. The number of hydrogen-bond donors (Lipinski definition) is 1. The molecule has 4 nitrogen and oxygen atoms in total. The summed E-state index contributed by atoms with van der Waals surface area (Å²) in [5.41, 5.74) is 0.574. The maximum absolute atomic E-state index is 11.0. The molecule has 0 fully saturated rings. The number of carbonyl (C=O) groups excluding carboxylic acids is 1. The molecule has 1 N–H and O–H groups in total. The largest absolute Gasteiger partial charge is 0.479 e. The van der Waals surface area contributed by atoms with Gasteiger partial charge in [0.2, 0.25) is 0 Å². The molecular formula is C11H12O4. The highest BCUT2D eigenvalue weighted by Crippen LogP contribution is 2.14. The maximum atomic E-state index is 11.0. The number of Topliss-reactive ketones (excluding diaryl/α,β-unsaturated/α-hetero) is 1. The number of ketones is 1. The molecule has 0 unspecified atom stereocenters. The lowest BCUT2D eigenvalue weighted by atomic mass is 10.1. The molecule has 0 saturated heterocycles. The van der Waals surface area contributed by atoms with Crippen molar-refractivity contribution in [1.82, 2.24) is 0 Å². The average Bonchev–Trinajstić information content (AvgIpc) is 2.18. The Balaban J connectivity index is 2.72. The highest BCUT2D eigenvalue weighted by Gasteiger charge is 2.12. The van der Waals surface area contributed by atoms with Crippen LogP contribution in [0, 0.1) is 0 Å². The van der Waals surface area contributed by atoms with Crippen LogP contribution < -0.4 is 4.74 Å². The standard InChI is InChI=1S/C11H12O4/c1-7(12)9-3-5-10(6-4-9)15-8(2)11(13)14/h3-6,8H,1-2H3,(H,13,14)/t8-/m0/s1. The minimum absolute atomic E-state index is 0.0344. The van der Waals surface area contributed by atoms with Crippen molar-refractivity contribution in [1.29, 1.82) is 0 Å². The third-order valence-electron chi connectivity index (χ3n) is 1.92. The van der Waals surface area contributed by atoms with Crippen molar-refractivity contribution in [3.8, 4) is 5.75 Å². The van der Waals surface area contributed by atoms with E-state index in [9.17, 15) is 9.59 Å². The van der Waals surface area contributed by atoms with Crippen LogP contribution in [0.1, 0.15) is 24.2 Å². The van der Waals surface area contributed by atoms with E-state index in [1.54, 1.807) is 24.3 Å². The van der Waals surface area contributed by atoms with Crippen LogP contribution in [-0.2, 0) is 4.79 Å². The smallest absolute Gasteiger partial charge is 0.344 e. The number of carbonyl (C=O) groups is 2. The quantitative estimate of drug-likeness (QED) is 0.765. The Morgan fingerprint density at radius 3 is 2.20 bits per heavy atom. The number of ether oxygens (including phenoxy) is 1. The summed E-state index contributed by atoms with van der Waals surface area (Å²) in [7, 11) is 0. The molecule has 4 heteroatoms. The lowest BCUT2D eigenvalue weighted by Crippen LogP contribution is -2.22. The molecule has 1 atom stereocenters. The molecule has 0 aliphatic heterocycles. The predicted molar refractivity (Wildman–Crippen MR) is 54.2 cm³/mol. The summed E-state index contributed by atoms with van der Waals surface area (Å²) in [6, 6.07) is 6.37. The van der Waals surface area contributed by atoms with Crippen LogP contribution in [0.2, 0.25) is 0 Å². The second-order valence-corrected chi connectivity index (χ2v) is 3.18. The summed E-state index contributed by atoms with van der Waals surface area (Å²) in [5, 5.41) is 8.61. The van der Waals surface area contributed by atoms with E-state index in [1.807, 2.05) is 0 Å². The summed E-state index contributed by atoms with van der Waals surface area (Å²) in [5.74, 6) is -0.617. The number of rotatable bonds is 4. The first-order valence-electron chi connectivity index (χ1n) is 4.51. The van der Waals surface area contributed by atoms with E-state index < -0.39 is 12.1 Å². The van der Waals surface area contributed by atoms with Crippen LogP contribution in [0.5, 0.6) is 5.75 Å². The molecule has 1 aromatic rings. The van der Waals surface area contributed by atoms with Gasteiger partial charge in [0, 0.05) is 5.56 Å². The highest BCUT2D eigenvalue weighted by molar-refractivity contribution is 5.94. The molecule has 15 heavy (non-hydrogen) atoms. The number of carboxylic acids is 1. The van der Waals surface area contributed by atoms with Gasteiger partial charge < -0.3 is 9.84 Å². The third kappa shape index (κ3) is 3.09. The Morgan fingerprint density at radius 1 is 1.27 bits per heavy atom. The summed E-state index contributed by atoms with van der Waals surface area (Å²) in [6.07, 6.45) is -0.895. The molecule has 80 valence electrons. The van der Waals surface area contributed by atoms with E-state index in [2.05, 4.69) is 0 Å². The topological polar surface area (TPSA) is 63.6 Å². The molecule has 1 aromatic carbocycles. The van der Waals surface area contributed by atoms with Crippen molar-refractivity contribution in [3.63, 3.8) is 0 Å². The first-order valence-corrected chi connectivity index (χ1v) is 4.51. The molecule has 0 amide bonds. The van der Waals surface area contributed by atoms with Crippen molar-refractivity contribution in [3.05, 3.63) is 29.8 Å². The zero-order valence-corrected chi connectivity index (χ0v) is 8.56. The second-order valence-electron chi connectivity index (χ2n) is 3.18. The first kappa shape index (κ1) is 11.2. The van der Waals surface area contributed by atoms with Crippen LogP contribution in [0.4, 0.5) is 0 Å². The molecule has 0 saturated carbocycles. The zero-order valence-electron chi connectivity index (χ0n) is 8.56. The zero-order chi connectivity index (χ0) is 11.4. The maximum Gasteiger partial charge on any atom is 0.344 e. The van der Waals surface area contributed by atoms with Crippen molar-refractivity contribution < 1.29 is 19.4 Å². The molecule has 0 aromatic heterocycles. The van der Waals surface area contributed by atoms with E-state index in [0.717, 1.165) is 0 Å². The lowest BCUT2D eigenvalue weighted by molar-refractivity contribution is -0.144. The van der Waals surface area contributed by atoms with E-state index in [-0.39, 0.29) is 5.78 Å². The van der Waals surface area contributed by atoms with Crippen LogP contribution in [0.3, 0.4) is 0 Å². The van der Waals surface area contributed by atoms with Gasteiger partial charge in [-0.2, -0.15) is 0 Å². The predicted octanol–water partition coefficient (Wildman–Crippen LogP) is 1.74. The Kier molecular flexibility index (Phi) is 3.44. The van der Waals surface area contributed by atoms with Gasteiger partial charge in [-0.25, -0.2) is 4.79 Å². The van der Waals surface area contributed by atoms with Gasteiger partial charge in [-0.3, -0.25) is 4.79 Å². The number of aliphatic carboxylic acids is 1. The first-order chi connectivity index (χ1) is 7.00. The third-order valence-corrected chi connectivity index (χ3v) is 1.92. The monoisotopic (exact) mass is 208 g/mol. The SMILES string of the molecule is CC(=O)c1ccc(O[C@@H](C)C(=O)O)cc1. The van der Waals surface area contributed by atoms with Gasteiger partial charge >= 0.3 is 5.97 Å². The van der Waals surface area contributed by atoms with Crippen molar-refractivity contribution in [2.75, 3.05) is 0 Å². The average molecular weight is 208 g/mol. The second kappa shape index (κ2) is 4.59. The molecule has 0 aliphatic rings. The van der Waals surface area contributed by atoms with Gasteiger partial charge in [0.05, 0.1) is 0 Å². The van der Waals surface area contributed by atoms with Crippen LogP contribution in [0.25, 0.3) is 0 Å². The molecular weight excluding hydrogens is 196 g/mol. The molecule has 0 spiro atoms. The van der Waals surface area contributed by atoms with Crippen LogP contribution in [0.15, 0.2) is 24.3 Å². The van der Waals surface area contributed by atoms with E-state index in [1.165, 1.54) is 13.8 Å². The summed E-state index contributed by atoms with van der Waals surface area (Å²) < 4.78 is 5.10. The number of hydrogen-bond acceptors (Lipinski definition) is 3. The van der Waals surface area contributed by atoms with Crippen molar-refractivity contribution in [2.24, 2.45) is 0 Å². The normalized spacial score (nSPS) is 11.9. The van der Waals surface area contributed by atoms with E-state index >= 15 is 0 Å². The van der Waals surface area contributed by atoms with Gasteiger partial charge in [0.15, 0.2) is 11.9 Å². The molecule has 0 bridgehead atoms. The van der Waals surface area contributed by atoms with E-state index in [0.29, 0.717) is 11.3 Å². The minimum atomic E-state index is -1.02. The molecule has 0 heterocycles. The van der Waals surface area contributed by atoms with Crippen molar-refractivity contribution >= 4 is 11.8 Å². The number of carboxylic acid groups (broad SMARTS) is 1. The minimum Gasteiger partial charge on any atom is -0.479 e. The van der Waals surface area contributed by atoms with Gasteiger partial charge in [0.1, 0.15) is 5.75 Å². The Bertz CT molecular complexity index is 367. The lowest BCUT2D eigenvalue weighted by Gasteiger charge is -2.10. The highest BCUT2D eigenvalue weighted by atomic mass is 16.5. The number of benzene rings is 1. The Labute approximate surface area is 87.5 Å². The van der Waals surface area contributed by atoms with Gasteiger partial charge in [-0.15, -0.1) is 0 Å². The Hall–Kier alpha value is -1.84. The van der Waals surface area contributed by atoms with Gasteiger partial charge in [-0.1, -0.05) is 0 Å². The van der Waals surface area contributed by atoms with Gasteiger partial charge in [-0.05, 0) is 38.1 Å². The fraction of sp³-hybridized carbons (Fsp3) is 0.273. The van der Waals surface area contributed by atoms with E-state index in [4.69, 9.17) is 9.84 Å².